The zero-order valence-corrected chi connectivity index (χ0v) is 12.1. The molecule has 0 amide bonds. The van der Waals surface area contributed by atoms with E-state index in [9.17, 15) is 4.79 Å². The molecule has 0 bridgehead atoms. The molecular formula is C18H18O3. The van der Waals surface area contributed by atoms with Gasteiger partial charge in [-0.25, -0.2) is 0 Å². The summed E-state index contributed by atoms with van der Waals surface area (Å²) in [6.45, 7) is 2.90. The van der Waals surface area contributed by atoms with Crippen molar-refractivity contribution in [3.8, 4) is 11.5 Å². The van der Waals surface area contributed by atoms with Gasteiger partial charge in [0.2, 0.25) is 0 Å². The lowest BCUT2D eigenvalue weighted by atomic mass is 10.1. The number of Topliss-reactive ketones (excluding diaryl/α,β-unsaturated/α-hetero) is 1. The second-order valence-corrected chi connectivity index (χ2v) is 5.19. The molecule has 3 heteroatoms. The van der Waals surface area contributed by atoms with Crippen molar-refractivity contribution in [3.63, 3.8) is 0 Å². The lowest BCUT2D eigenvalue weighted by molar-refractivity contribution is 0.101. The molecule has 1 aliphatic heterocycles. The first kappa shape index (κ1) is 13.7. The maximum Gasteiger partial charge on any atom is 0.163 e. The van der Waals surface area contributed by atoms with Crippen LogP contribution in [-0.4, -0.2) is 19.0 Å². The van der Waals surface area contributed by atoms with E-state index >= 15 is 0 Å². The van der Waals surface area contributed by atoms with Crippen molar-refractivity contribution in [2.24, 2.45) is 0 Å². The number of para-hydroxylation sites is 1. The Bertz CT molecular complexity index is 661. The van der Waals surface area contributed by atoms with Crippen molar-refractivity contribution in [2.75, 3.05) is 13.2 Å². The third kappa shape index (κ3) is 3.07. The van der Waals surface area contributed by atoms with E-state index in [1.165, 1.54) is 11.1 Å². The highest BCUT2D eigenvalue weighted by Crippen LogP contribution is 2.26. The zero-order chi connectivity index (χ0) is 14.7. The summed E-state index contributed by atoms with van der Waals surface area (Å²) in [6, 6.07) is 13.7. The topological polar surface area (TPSA) is 35.5 Å². The van der Waals surface area contributed by atoms with E-state index in [2.05, 4.69) is 12.1 Å². The Labute approximate surface area is 124 Å². The number of hydrogen-bond donors (Lipinski definition) is 0. The second kappa shape index (κ2) is 6.00. The molecule has 0 atom stereocenters. The highest BCUT2D eigenvalue weighted by molar-refractivity contribution is 5.96. The standard InChI is InChI=1S/C18H18O3/c1-13(19)16-4-2-3-5-18(16)21-10-8-14-6-7-17-15(12-14)9-11-20-17/h2-7,12H,8-11H2,1H3. The van der Waals surface area contributed by atoms with Gasteiger partial charge in [0, 0.05) is 12.8 Å². The van der Waals surface area contributed by atoms with Crippen LogP contribution in [0, 0.1) is 0 Å². The summed E-state index contributed by atoms with van der Waals surface area (Å²) >= 11 is 0. The molecule has 2 aromatic rings. The molecule has 1 heterocycles. The first-order valence-corrected chi connectivity index (χ1v) is 7.21. The average molecular weight is 282 g/mol. The number of benzene rings is 2. The molecule has 1 aliphatic rings. The molecule has 0 radical (unpaired) electrons. The van der Waals surface area contributed by atoms with Gasteiger partial charge in [-0.15, -0.1) is 0 Å². The Morgan fingerprint density at radius 2 is 2.10 bits per heavy atom. The van der Waals surface area contributed by atoms with Crippen molar-refractivity contribution in [1.82, 2.24) is 0 Å². The summed E-state index contributed by atoms with van der Waals surface area (Å²) in [7, 11) is 0. The molecule has 3 nitrogen and oxygen atoms in total. The van der Waals surface area contributed by atoms with Crippen molar-refractivity contribution in [3.05, 3.63) is 59.2 Å². The van der Waals surface area contributed by atoms with E-state index in [-0.39, 0.29) is 5.78 Å². The normalized spacial score (nSPS) is 12.6. The van der Waals surface area contributed by atoms with E-state index < -0.39 is 0 Å². The van der Waals surface area contributed by atoms with E-state index in [0.29, 0.717) is 17.9 Å². The van der Waals surface area contributed by atoms with Crippen LogP contribution in [0.2, 0.25) is 0 Å². The molecule has 0 aromatic heterocycles. The summed E-state index contributed by atoms with van der Waals surface area (Å²) in [5.74, 6) is 1.69. The molecule has 0 N–H and O–H groups in total. The Balaban J connectivity index is 1.63. The predicted octanol–water partition coefficient (Wildman–Crippen LogP) is 3.45. The predicted molar refractivity (Wildman–Crippen MR) is 81.3 cm³/mol. The summed E-state index contributed by atoms with van der Waals surface area (Å²) in [6.07, 6.45) is 1.80. The number of carbonyl (C=O) groups is 1. The number of rotatable bonds is 5. The fourth-order valence-corrected chi connectivity index (χ4v) is 2.56. The monoisotopic (exact) mass is 282 g/mol. The first-order valence-electron chi connectivity index (χ1n) is 7.21. The Kier molecular flexibility index (Phi) is 3.91. The van der Waals surface area contributed by atoms with Crippen molar-refractivity contribution >= 4 is 5.78 Å². The molecule has 0 saturated carbocycles. The Morgan fingerprint density at radius 3 is 2.95 bits per heavy atom. The Morgan fingerprint density at radius 1 is 1.24 bits per heavy atom. The number of hydrogen-bond acceptors (Lipinski definition) is 3. The fourth-order valence-electron chi connectivity index (χ4n) is 2.56. The zero-order valence-electron chi connectivity index (χ0n) is 12.1. The lowest BCUT2D eigenvalue weighted by Gasteiger charge is -2.10. The SMILES string of the molecule is CC(=O)c1ccccc1OCCc1ccc2c(c1)CCO2. The van der Waals surface area contributed by atoms with Crippen LogP contribution in [0.1, 0.15) is 28.4 Å². The third-order valence-corrected chi connectivity index (χ3v) is 3.67. The van der Waals surface area contributed by atoms with Crippen LogP contribution in [-0.2, 0) is 12.8 Å². The van der Waals surface area contributed by atoms with Crippen LogP contribution >= 0.6 is 0 Å². The molecule has 3 rings (SSSR count). The number of ether oxygens (including phenoxy) is 2. The van der Waals surface area contributed by atoms with Crippen LogP contribution in [0.3, 0.4) is 0 Å². The molecule has 0 saturated heterocycles. The van der Waals surface area contributed by atoms with Gasteiger partial charge < -0.3 is 9.47 Å². The van der Waals surface area contributed by atoms with Gasteiger partial charge in [-0.2, -0.15) is 0 Å². The summed E-state index contributed by atoms with van der Waals surface area (Å²) in [5, 5.41) is 0. The van der Waals surface area contributed by atoms with Gasteiger partial charge in [-0.1, -0.05) is 24.3 Å². The van der Waals surface area contributed by atoms with Crippen molar-refractivity contribution in [2.45, 2.75) is 19.8 Å². The molecule has 0 fully saturated rings. The van der Waals surface area contributed by atoms with Crippen molar-refractivity contribution < 1.29 is 14.3 Å². The smallest absolute Gasteiger partial charge is 0.163 e. The van der Waals surface area contributed by atoms with Gasteiger partial charge in [0.15, 0.2) is 5.78 Å². The maximum atomic E-state index is 11.5. The third-order valence-electron chi connectivity index (χ3n) is 3.67. The quantitative estimate of drug-likeness (QED) is 0.788. The van der Waals surface area contributed by atoms with Crippen LogP contribution in [0.5, 0.6) is 11.5 Å². The first-order chi connectivity index (χ1) is 10.2. The van der Waals surface area contributed by atoms with Crippen LogP contribution in [0.15, 0.2) is 42.5 Å². The van der Waals surface area contributed by atoms with Gasteiger partial charge in [0.05, 0.1) is 18.8 Å². The minimum Gasteiger partial charge on any atom is -0.493 e. The van der Waals surface area contributed by atoms with Gasteiger partial charge in [0.25, 0.3) is 0 Å². The second-order valence-electron chi connectivity index (χ2n) is 5.19. The minimum absolute atomic E-state index is 0.0280. The van der Waals surface area contributed by atoms with Gasteiger partial charge in [0.1, 0.15) is 11.5 Å². The molecular weight excluding hydrogens is 264 g/mol. The van der Waals surface area contributed by atoms with Crippen LogP contribution in [0.4, 0.5) is 0 Å². The number of ketones is 1. The highest BCUT2D eigenvalue weighted by Gasteiger charge is 2.12. The minimum atomic E-state index is 0.0280. The number of fused-ring (bicyclic) bond motifs is 1. The van der Waals surface area contributed by atoms with Crippen molar-refractivity contribution in [1.29, 1.82) is 0 Å². The van der Waals surface area contributed by atoms with Crippen LogP contribution < -0.4 is 9.47 Å². The number of carbonyl (C=O) groups excluding carboxylic acids is 1. The maximum absolute atomic E-state index is 11.5. The fraction of sp³-hybridized carbons (Fsp3) is 0.278. The van der Waals surface area contributed by atoms with E-state index in [1.54, 1.807) is 13.0 Å². The molecule has 0 aliphatic carbocycles. The van der Waals surface area contributed by atoms with E-state index in [4.69, 9.17) is 9.47 Å². The largest absolute Gasteiger partial charge is 0.493 e. The Hall–Kier alpha value is -2.29. The lowest BCUT2D eigenvalue weighted by Crippen LogP contribution is -2.05. The van der Waals surface area contributed by atoms with E-state index in [0.717, 1.165) is 25.2 Å². The molecule has 2 aromatic carbocycles. The van der Waals surface area contributed by atoms with Gasteiger partial charge in [-0.3, -0.25) is 4.79 Å². The van der Waals surface area contributed by atoms with E-state index in [1.807, 2.05) is 24.3 Å². The summed E-state index contributed by atoms with van der Waals surface area (Å²) in [5.41, 5.74) is 3.15. The van der Waals surface area contributed by atoms with Gasteiger partial charge >= 0.3 is 0 Å². The summed E-state index contributed by atoms with van der Waals surface area (Å²) in [4.78, 5) is 11.5. The molecule has 21 heavy (non-hydrogen) atoms. The highest BCUT2D eigenvalue weighted by atomic mass is 16.5. The van der Waals surface area contributed by atoms with Gasteiger partial charge in [-0.05, 0) is 36.2 Å². The van der Waals surface area contributed by atoms with Crippen LogP contribution in [0.25, 0.3) is 0 Å². The molecule has 0 unspecified atom stereocenters. The summed E-state index contributed by atoms with van der Waals surface area (Å²) < 4.78 is 11.3. The molecule has 108 valence electrons. The molecule has 0 spiro atoms. The average Bonchev–Trinajstić information content (AvgIpc) is 2.95.